The Balaban J connectivity index is 1.78. The van der Waals surface area contributed by atoms with Gasteiger partial charge < -0.3 is 14.5 Å². The zero-order valence-corrected chi connectivity index (χ0v) is 14.9. The molecule has 0 saturated carbocycles. The predicted molar refractivity (Wildman–Crippen MR) is 97.1 cm³/mol. The quantitative estimate of drug-likeness (QED) is 0.729. The van der Waals surface area contributed by atoms with Crippen LogP contribution in [0.3, 0.4) is 0 Å². The molecule has 0 bridgehead atoms. The lowest BCUT2D eigenvalue weighted by molar-refractivity contribution is 0.247. The van der Waals surface area contributed by atoms with Gasteiger partial charge in [0, 0.05) is 26.2 Å². The maximum Gasteiger partial charge on any atom is 0.137 e. The Bertz CT molecular complexity index is 604. The lowest BCUT2D eigenvalue weighted by Gasteiger charge is -2.22. The van der Waals surface area contributed by atoms with Crippen molar-refractivity contribution in [3.63, 3.8) is 0 Å². The highest BCUT2D eigenvalue weighted by molar-refractivity contribution is 6.32. The van der Waals surface area contributed by atoms with E-state index >= 15 is 0 Å². The largest absolute Gasteiger partial charge is 0.495 e. The number of ether oxygens (including phenoxy) is 1. The molecule has 0 spiro atoms. The molecule has 0 N–H and O–H groups in total. The number of hydrogen-bond donors (Lipinski definition) is 0. The summed E-state index contributed by atoms with van der Waals surface area (Å²) in [5.41, 5.74) is 2.55. The van der Waals surface area contributed by atoms with Crippen LogP contribution in [0.1, 0.15) is 11.1 Å². The van der Waals surface area contributed by atoms with Crippen LogP contribution < -0.4 is 4.74 Å². The van der Waals surface area contributed by atoms with Gasteiger partial charge in [-0.15, -0.1) is 0 Å². The third-order valence-electron chi connectivity index (χ3n) is 3.83. The fourth-order valence-electron chi connectivity index (χ4n) is 2.51. The zero-order valence-electron chi connectivity index (χ0n) is 14.1. The van der Waals surface area contributed by atoms with Crippen molar-refractivity contribution >= 4 is 11.6 Å². The maximum atomic E-state index is 6.18. The first-order valence-electron chi connectivity index (χ1n) is 7.82. The van der Waals surface area contributed by atoms with Gasteiger partial charge in [0.2, 0.25) is 0 Å². The van der Waals surface area contributed by atoms with Crippen molar-refractivity contribution < 1.29 is 4.74 Å². The van der Waals surface area contributed by atoms with Gasteiger partial charge in [-0.2, -0.15) is 0 Å². The number of hydrogen-bond acceptors (Lipinski definition) is 3. The Morgan fingerprint density at radius 3 is 2.04 bits per heavy atom. The Hall–Kier alpha value is -1.55. The molecule has 0 amide bonds. The van der Waals surface area contributed by atoms with E-state index < -0.39 is 0 Å². The van der Waals surface area contributed by atoms with Gasteiger partial charge in [-0.05, 0) is 37.4 Å². The van der Waals surface area contributed by atoms with E-state index in [0.717, 1.165) is 31.9 Å². The van der Waals surface area contributed by atoms with Crippen LogP contribution in [-0.4, -0.2) is 44.1 Å². The van der Waals surface area contributed by atoms with Gasteiger partial charge in [0.15, 0.2) is 0 Å². The molecule has 0 aliphatic rings. The Kier molecular flexibility index (Phi) is 6.90. The van der Waals surface area contributed by atoms with Crippen molar-refractivity contribution in [3.05, 3.63) is 64.7 Å². The van der Waals surface area contributed by atoms with E-state index in [-0.39, 0.29) is 0 Å². The number of likely N-dealkylation sites (N-methyl/N-ethyl adjacent to an activating group) is 2. The molecule has 0 aliphatic carbocycles. The molecular weight excluding hydrogens is 308 g/mol. The van der Waals surface area contributed by atoms with Crippen molar-refractivity contribution in [1.82, 2.24) is 9.80 Å². The van der Waals surface area contributed by atoms with Gasteiger partial charge in [0.05, 0.1) is 12.1 Å². The van der Waals surface area contributed by atoms with E-state index in [0.29, 0.717) is 5.02 Å². The minimum atomic E-state index is 0.666. The minimum absolute atomic E-state index is 0.666. The van der Waals surface area contributed by atoms with Crippen molar-refractivity contribution in [2.45, 2.75) is 13.1 Å². The van der Waals surface area contributed by atoms with Gasteiger partial charge >= 0.3 is 0 Å². The first kappa shape index (κ1) is 17.8. The second-order valence-corrected chi connectivity index (χ2v) is 6.34. The van der Waals surface area contributed by atoms with Gasteiger partial charge in [-0.25, -0.2) is 0 Å². The van der Waals surface area contributed by atoms with Gasteiger partial charge in [-0.3, -0.25) is 0 Å². The molecule has 0 unspecified atom stereocenters. The molecule has 0 fully saturated rings. The molecule has 4 heteroatoms. The molecule has 2 aromatic carbocycles. The first-order chi connectivity index (χ1) is 11.1. The van der Waals surface area contributed by atoms with Gasteiger partial charge in [0.25, 0.3) is 0 Å². The average molecular weight is 333 g/mol. The highest BCUT2D eigenvalue weighted by Crippen LogP contribution is 2.25. The predicted octanol–water partition coefficient (Wildman–Crippen LogP) is 3.91. The monoisotopic (exact) mass is 332 g/mol. The zero-order chi connectivity index (χ0) is 16.7. The van der Waals surface area contributed by atoms with Crippen LogP contribution in [0.4, 0.5) is 0 Å². The summed E-state index contributed by atoms with van der Waals surface area (Å²) in [7, 11) is 5.93. The highest BCUT2D eigenvalue weighted by Gasteiger charge is 2.06. The fraction of sp³-hybridized carbons (Fsp3) is 0.368. The maximum absolute atomic E-state index is 6.18. The minimum Gasteiger partial charge on any atom is -0.495 e. The van der Waals surface area contributed by atoms with E-state index in [1.165, 1.54) is 11.1 Å². The lowest BCUT2D eigenvalue weighted by atomic mass is 10.2. The summed E-state index contributed by atoms with van der Waals surface area (Å²) in [6.07, 6.45) is 0. The lowest BCUT2D eigenvalue weighted by Crippen LogP contribution is -2.30. The van der Waals surface area contributed by atoms with Crippen LogP contribution in [0, 0.1) is 0 Å². The van der Waals surface area contributed by atoms with Crippen LogP contribution >= 0.6 is 11.6 Å². The van der Waals surface area contributed by atoms with Crippen LogP contribution in [0.15, 0.2) is 48.5 Å². The standard InChI is InChI=1S/C19H25ClN2O/c1-21(14-16-7-5-4-6-8-16)11-12-22(2)15-17-9-10-19(23-3)18(20)13-17/h4-10,13H,11-12,14-15H2,1-3H3. The molecule has 2 rings (SSSR count). The van der Waals surface area contributed by atoms with Crippen molar-refractivity contribution in [1.29, 1.82) is 0 Å². The summed E-state index contributed by atoms with van der Waals surface area (Å²) in [5, 5.41) is 0.666. The molecular formula is C19H25ClN2O. The fourth-order valence-corrected chi connectivity index (χ4v) is 2.79. The summed E-state index contributed by atoms with van der Waals surface area (Å²) in [5.74, 6) is 0.723. The molecule has 0 atom stereocenters. The van der Waals surface area contributed by atoms with Crippen molar-refractivity contribution in [2.24, 2.45) is 0 Å². The molecule has 0 heterocycles. The molecule has 0 saturated heterocycles. The normalized spacial score (nSPS) is 11.2. The van der Waals surface area contributed by atoms with Crippen LogP contribution in [0.2, 0.25) is 5.02 Å². The summed E-state index contributed by atoms with van der Waals surface area (Å²) in [4.78, 5) is 4.65. The number of benzene rings is 2. The van der Waals surface area contributed by atoms with E-state index in [2.05, 4.69) is 60.3 Å². The van der Waals surface area contributed by atoms with Gasteiger partial charge in [-0.1, -0.05) is 48.0 Å². The SMILES string of the molecule is COc1ccc(CN(C)CCN(C)Cc2ccccc2)cc1Cl. The molecule has 2 aromatic rings. The van der Waals surface area contributed by atoms with Crippen molar-refractivity contribution in [3.8, 4) is 5.75 Å². The Morgan fingerprint density at radius 1 is 0.870 bits per heavy atom. The van der Waals surface area contributed by atoms with E-state index in [9.17, 15) is 0 Å². The number of methoxy groups -OCH3 is 1. The number of rotatable bonds is 8. The molecule has 3 nitrogen and oxygen atoms in total. The van der Waals surface area contributed by atoms with Crippen LogP contribution in [-0.2, 0) is 13.1 Å². The second-order valence-electron chi connectivity index (χ2n) is 5.93. The average Bonchev–Trinajstić information content (AvgIpc) is 2.54. The van der Waals surface area contributed by atoms with E-state index in [1.807, 2.05) is 12.1 Å². The summed E-state index contributed by atoms with van der Waals surface area (Å²) in [6.45, 7) is 3.88. The molecule has 0 radical (unpaired) electrons. The summed E-state index contributed by atoms with van der Waals surface area (Å²) in [6, 6.07) is 16.5. The molecule has 23 heavy (non-hydrogen) atoms. The Labute approximate surface area is 144 Å². The Morgan fingerprint density at radius 2 is 1.48 bits per heavy atom. The van der Waals surface area contributed by atoms with Gasteiger partial charge in [0.1, 0.15) is 5.75 Å². The van der Waals surface area contributed by atoms with E-state index in [4.69, 9.17) is 16.3 Å². The first-order valence-corrected chi connectivity index (χ1v) is 8.19. The van der Waals surface area contributed by atoms with Crippen LogP contribution in [0.25, 0.3) is 0 Å². The molecule has 0 aliphatic heterocycles. The number of halogens is 1. The second kappa shape index (κ2) is 8.92. The number of nitrogens with zero attached hydrogens (tertiary/aromatic N) is 2. The van der Waals surface area contributed by atoms with Crippen LogP contribution in [0.5, 0.6) is 5.75 Å². The third-order valence-corrected chi connectivity index (χ3v) is 4.12. The van der Waals surface area contributed by atoms with Crippen molar-refractivity contribution in [2.75, 3.05) is 34.3 Å². The third kappa shape index (κ3) is 5.87. The van der Waals surface area contributed by atoms with E-state index in [1.54, 1.807) is 7.11 Å². The summed E-state index contributed by atoms with van der Waals surface area (Å²) >= 11 is 6.18. The topological polar surface area (TPSA) is 15.7 Å². The molecule has 124 valence electrons. The smallest absolute Gasteiger partial charge is 0.137 e. The molecule has 0 aromatic heterocycles. The highest BCUT2D eigenvalue weighted by atomic mass is 35.5. The summed E-state index contributed by atoms with van der Waals surface area (Å²) < 4.78 is 5.19.